The monoisotopic (exact) mass is 341 g/mol. The van der Waals surface area contributed by atoms with Gasteiger partial charge in [0.25, 0.3) is 0 Å². The molecule has 0 aliphatic carbocycles. The average molecular weight is 342 g/mol. The van der Waals surface area contributed by atoms with Gasteiger partial charge < -0.3 is 5.11 Å². The van der Waals surface area contributed by atoms with Crippen molar-refractivity contribution in [3.05, 3.63) is 15.4 Å². The van der Waals surface area contributed by atoms with Crippen molar-refractivity contribution < 1.29 is 13.5 Å². The number of rotatable bonds is 6. The SMILES string of the molecule is Cc1cc(S(=O)(=O)NCCCC(C)O)sc1Br. The second kappa shape index (κ2) is 6.29. The Morgan fingerprint density at radius 2 is 2.24 bits per heavy atom. The highest BCUT2D eigenvalue weighted by atomic mass is 79.9. The molecule has 0 aliphatic rings. The molecule has 2 N–H and O–H groups in total. The number of halogens is 1. The molecule has 0 radical (unpaired) electrons. The zero-order valence-electron chi connectivity index (χ0n) is 9.73. The van der Waals surface area contributed by atoms with Crippen molar-refractivity contribution in [2.75, 3.05) is 6.54 Å². The number of aliphatic hydroxyl groups excluding tert-OH is 1. The zero-order valence-corrected chi connectivity index (χ0v) is 13.0. The maximum absolute atomic E-state index is 11.9. The second-order valence-corrected chi connectivity index (χ2v) is 8.28. The van der Waals surface area contributed by atoms with Crippen LogP contribution >= 0.6 is 27.3 Å². The van der Waals surface area contributed by atoms with Crippen LogP contribution in [0, 0.1) is 6.92 Å². The summed E-state index contributed by atoms with van der Waals surface area (Å²) in [5, 5.41) is 9.06. The van der Waals surface area contributed by atoms with Gasteiger partial charge in [0.05, 0.1) is 9.89 Å². The largest absolute Gasteiger partial charge is 0.393 e. The Hall–Kier alpha value is 0.0500. The van der Waals surface area contributed by atoms with Gasteiger partial charge in [0.1, 0.15) is 4.21 Å². The Bertz CT molecular complexity index is 448. The van der Waals surface area contributed by atoms with Gasteiger partial charge in [-0.1, -0.05) is 0 Å². The fourth-order valence-electron chi connectivity index (χ4n) is 1.24. The van der Waals surface area contributed by atoms with Crippen LogP contribution < -0.4 is 4.72 Å². The third-order valence-corrected chi connectivity index (χ3v) is 6.26. The first kappa shape index (κ1) is 15.1. The number of nitrogens with one attached hydrogen (secondary N) is 1. The van der Waals surface area contributed by atoms with Crippen LogP contribution in [0.1, 0.15) is 25.3 Å². The van der Waals surface area contributed by atoms with Gasteiger partial charge in [0, 0.05) is 6.54 Å². The van der Waals surface area contributed by atoms with Crippen LogP contribution in [0.25, 0.3) is 0 Å². The molecule has 0 aliphatic heterocycles. The lowest BCUT2D eigenvalue weighted by atomic mass is 10.2. The first-order chi connectivity index (χ1) is 7.83. The van der Waals surface area contributed by atoms with E-state index in [4.69, 9.17) is 5.11 Å². The molecule has 0 bridgehead atoms. The van der Waals surface area contributed by atoms with E-state index in [1.54, 1.807) is 13.0 Å². The summed E-state index contributed by atoms with van der Waals surface area (Å²) < 4.78 is 27.4. The molecule has 1 aromatic rings. The lowest BCUT2D eigenvalue weighted by Gasteiger charge is -2.05. The van der Waals surface area contributed by atoms with Crippen molar-refractivity contribution in [1.82, 2.24) is 4.72 Å². The van der Waals surface area contributed by atoms with Crippen molar-refractivity contribution in [2.45, 2.75) is 37.0 Å². The van der Waals surface area contributed by atoms with E-state index in [1.165, 1.54) is 11.3 Å². The van der Waals surface area contributed by atoms with Crippen LogP contribution in [-0.4, -0.2) is 26.2 Å². The number of thiophene rings is 1. The minimum absolute atomic E-state index is 0.318. The minimum atomic E-state index is -3.40. The van der Waals surface area contributed by atoms with E-state index in [-0.39, 0.29) is 0 Å². The van der Waals surface area contributed by atoms with Crippen LogP contribution in [0.2, 0.25) is 0 Å². The molecular formula is C10H16BrNO3S2. The lowest BCUT2D eigenvalue weighted by Crippen LogP contribution is -2.24. The quantitative estimate of drug-likeness (QED) is 0.780. The standard InChI is InChI=1S/C10H16BrNO3S2/c1-7-6-9(16-10(7)11)17(14,15)12-5-3-4-8(2)13/h6,8,12-13H,3-5H2,1-2H3. The Labute approximate surface area is 114 Å². The predicted molar refractivity (Wildman–Crippen MR) is 72.9 cm³/mol. The number of aliphatic hydroxyl groups is 1. The summed E-state index contributed by atoms with van der Waals surface area (Å²) in [6, 6.07) is 1.64. The lowest BCUT2D eigenvalue weighted by molar-refractivity contribution is 0.182. The molecule has 1 heterocycles. The van der Waals surface area contributed by atoms with Gasteiger partial charge in [-0.15, -0.1) is 11.3 Å². The summed E-state index contributed by atoms with van der Waals surface area (Å²) >= 11 is 4.51. The molecule has 7 heteroatoms. The van der Waals surface area contributed by atoms with E-state index < -0.39 is 16.1 Å². The molecule has 1 rings (SSSR count). The molecule has 17 heavy (non-hydrogen) atoms. The number of sulfonamides is 1. The Kier molecular flexibility index (Phi) is 5.59. The van der Waals surface area contributed by atoms with E-state index in [2.05, 4.69) is 20.7 Å². The van der Waals surface area contributed by atoms with Crippen molar-refractivity contribution in [3.63, 3.8) is 0 Å². The van der Waals surface area contributed by atoms with E-state index in [9.17, 15) is 8.42 Å². The van der Waals surface area contributed by atoms with Gasteiger partial charge in [0.2, 0.25) is 10.0 Å². The molecular weight excluding hydrogens is 326 g/mol. The van der Waals surface area contributed by atoms with Crippen LogP contribution in [0.3, 0.4) is 0 Å². The summed E-state index contributed by atoms with van der Waals surface area (Å²) in [6.45, 7) is 3.89. The van der Waals surface area contributed by atoms with Gasteiger partial charge in [0.15, 0.2) is 0 Å². The van der Waals surface area contributed by atoms with Crippen molar-refractivity contribution >= 4 is 37.3 Å². The normalized spacial score (nSPS) is 13.9. The first-order valence-corrected chi connectivity index (χ1v) is 8.36. The fourth-order valence-corrected chi connectivity index (χ4v) is 4.58. The van der Waals surface area contributed by atoms with Crippen LogP contribution in [0.5, 0.6) is 0 Å². The predicted octanol–water partition coefficient (Wildman–Crippen LogP) is 2.26. The summed E-state index contributed by atoms with van der Waals surface area (Å²) in [5.74, 6) is 0. The van der Waals surface area contributed by atoms with Crippen molar-refractivity contribution in [3.8, 4) is 0 Å². The molecule has 0 aromatic carbocycles. The molecule has 4 nitrogen and oxygen atoms in total. The fraction of sp³-hybridized carbons (Fsp3) is 0.600. The maximum atomic E-state index is 11.9. The highest BCUT2D eigenvalue weighted by Crippen LogP contribution is 2.30. The van der Waals surface area contributed by atoms with Gasteiger partial charge in [-0.25, -0.2) is 13.1 Å². The van der Waals surface area contributed by atoms with Crippen LogP contribution in [0.15, 0.2) is 14.1 Å². The van der Waals surface area contributed by atoms with Crippen LogP contribution in [0.4, 0.5) is 0 Å². The Balaban J connectivity index is 2.57. The number of hydrogen-bond acceptors (Lipinski definition) is 4. The van der Waals surface area contributed by atoms with Gasteiger partial charge in [-0.3, -0.25) is 0 Å². The van der Waals surface area contributed by atoms with E-state index in [0.717, 1.165) is 9.35 Å². The Morgan fingerprint density at radius 1 is 1.59 bits per heavy atom. The molecule has 0 saturated carbocycles. The van der Waals surface area contributed by atoms with E-state index >= 15 is 0 Å². The van der Waals surface area contributed by atoms with Gasteiger partial charge in [-0.05, 0) is 54.2 Å². The maximum Gasteiger partial charge on any atom is 0.250 e. The third kappa shape index (κ3) is 4.67. The van der Waals surface area contributed by atoms with Gasteiger partial charge >= 0.3 is 0 Å². The molecule has 0 spiro atoms. The average Bonchev–Trinajstić information content (AvgIpc) is 2.55. The van der Waals surface area contributed by atoms with Crippen molar-refractivity contribution in [2.24, 2.45) is 0 Å². The summed E-state index contributed by atoms with van der Waals surface area (Å²) in [6.07, 6.45) is 0.829. The number of hydrogen-bond donors (Lipinski definition) is 2. The topological polar surface area (TPSA) is 66.4 Å². The molecule has 1 aromatic heterocycles. The third-order valence-electron chi connectivity index (χ3n) is 2.19. The zero-order chi connectivity index (χ0) is 13.1. The van der Waals surface area contributed by atoms with E-state index in [1.807, 2.05) is 6.92 Å². The second-order valence-electron chi connectivity index (χ2n) is 3.91. The molecule has 0 saturated heterocycles. The highest BCUT2D eigenvalue weighted by Gasteiger charge is 2.17. The summed E-state index contributed by atoms with van der Waals surface area (Å²) in [5.41, 5.74) is 0.916. The minimum Gasteiger partial charge on any atom is -0.393 e. The molecule has 1 atom stereocenters. The van der Waals surface area contributed by atoms with Gasteiger partial charge in [-0.2, -0.15) is 0 Å². The summed E-state index contributed by atoms with van der Waals surface area (Å²) in [4.78, 5) is 0. The molecule has 98 valence electrons. The smallest absolute Gasteiger partial charge is 0.250 e. The Morgan fingerprint density at radius 3 is 2.71 bits per heavy atom. The summed E-state index contributed by atoms with van der Waals surface area (Å²) in [7, 11) is -3.40. The highest BCUT2D eigenvalue weighted by molar-refractivity contribution is 9.11. The number of aryl methyl sites for hydroxylation is 1. The van der Waals surface area contributed by atoms with Crippen LogP contribution in [-0.2, 0) is 10.0 Å². The molecule has 0 amide bonds. The first-order valence-electron chi connectivity index (χ1n) is 5.26. The van der Waals surface area contributed by atoms with Crippen molar-refractivity contribution in [1.29, 1.82) is 0 Å². The van der Waals surface area contributed by atoms with E-state index in [0.29, 0.717) is 23.6 Å². The molecule has 1 unspecified atom stereocenters. The molecule has 0 fully saturated rings.